The summed E-state index contributed by atoms with van der Waals surface area (Å²) in [5, 5.41) is 9.71. The molecule has 1 aromatic carbocycles. The van der Waals surface area contributed by atoms with E-state index in [1.165, 1.54) is 6.07 Å². The zero-order valence-corrected chi connectivity index (χ0v) is 16.2. The molecule has 0 saturated carbocycles. The summed E-state index contributed by atoms with van der Waals surface area (Å²) in [6.07, 6.45) is 1.68. The van der Waals surface area contributed by atoms with E-state index in [4.69, 9.17) is 23.8 Å². The van der Waals surface area contributed by atoms with Crippen molar-refractivity contribution in [2.75, 3.05) is 18.1 Å². The molecule has 1 aliphatic rings. The highest BCUT2D eigenvalue weighted by atomic mass is 31.2. The number of nitrogens with zero attached hydrogens (tertiary/aromatic N) is 1. The number of aliphatic carboxylic acids is 1. The van der Waals surface area contributed by atoms with E-state index in [0.717, 1.165) is 0 Å². The van der Waals surface area contributed by atoms with E-state index in [0.29, 0.717) is 27.8 Å². The normalized spacial score (nSPS) is 16.0. The van der Waals surface area contributed by atoms with Crippen molar-refractivity contribution >= 4 is 36.0 Å². The molecular weight excluding hydrogens is 389 g/mol. The molecule has 28 heavy (non-hydrogen) atoms. The van der Waals surface area contributed by atoms with Gasteiger partial charge in [0.25, 0.3) is 0 Å². The second kappa shape index (κ2) is 7.18. The van der Waals surface area contributed by atoms with E-state index < -0.39 is 25.0 Å². The molecular formula is C18H20NO8P. The lowest BCUT2D eigenvalue weighted by atomic mass is 9.87. The number of rotatable bonds is 6. The molecule has 2 aromatic rings. The van der Waals surface area contributed by atoms with E-state index in [9.17, 15) is 14.2 Å². The van der Waals surface area contributed by atoms with Crippen molar-refractivity contribution in [3.63, 3.8) is 0 Å². The van der Waals surface area contributed by atoms with Crippen molar-refractivity contribution in [2.45, 2.75) is 25.8 Å². The third kappa shape index (κ3) is 4.34. The van der Waals surface area contributed by atoms with E-state index in [1.54, 1.807) is 24.3 Å². The Morgan fingerprint density at radius 3 is 2.64 bits per heavy atom. The maximum Gasteiger partial charge on any atom is 0.469 e. The van der Waals surface area contributed by atoms with Crippen molar-refractivity contribution in [2.24, 2.45) is 0 Å². The molecule has 0 radical (unpaired) electrons. The van der Waals surface area contributed by atoms with Crippen LogP contribution in [0.25, 0.3) is 16.5 Å². The van der Waals surface area contributed by atoms with Gasteiger partial charge in [-0.25, -0.2) is 9.36 Å². The molecule has 0 atom stereocenters. The van der Waals surface area contributed by atoms with Crippen LogP contribution >= 0.6 is 7.82 Å². The summed E-state index contributed by atoms with van der Waals surface area (Å²) in [5.74, 6) is -0.954. The van der Waals surface area contributed by atoms with Gasteiger partial charge in [-0.05, 0) is 31.6 Å². The minimum absolute atomic E-state index is 0.109. The van der Waals surface area contributed by atoms with Gasteiger partial charge in [0.1, 0.15) is 5.58 Å². The van der Waals surface area contributed by atoms with Crippen molar-refractivity contribution in [1.29, 1.82) is 0 Å². The molecule has 0 bridgehead atoms. The SMILES string of the molecule is CC1(C)C=C(COP(=O)(O)O)c2cc3ccc(=O)oc3cc2N1CCC(=O)O. The predicted molar refractivity (Wildman–Crippen MR) is 102 cm³/mol. The molecule has 0 aliphatic carbocycles. The van der Waals surface area contributed by atoms with Gasteiger partial charge in [0.2, 0.25) is 0 Å². The molecule has 0 saturated heterocycles. The van der Waals surface area contributed by atoms with Crippen molar-refractivity contribution in [3.05, 3.63) is 46.3 Å². The topological polar surface area (TPSA) is 138 Å². The van der Waals surface area contributed by atoms with E-state index in [1.807, 2.05) is 18.7 Å². The Labute approximate surface area is 160 Å². The van der Waals surface area contributed by atoms with Gasteiger partial charge in [0.15, 0.2) is 0 Å². The zero-order valence-electron chi connectivity index (χ0n) is 15.3. The lowest BCUT2D eigenvalue weighted by molar-refractivity contribution is -0.136. The molecule has 150 valence electrons. The monoisotopic (exact) mass is 409 g/mol. The third-order valence-corrected chi connectivity index (χ3v) is 5.00. The van der Waals surface area contributed by atoms with Crippen LogP contribution in [0.5, 0.6) is 0 Å². The van der Waals surface area contributed by atoms with Crippen LogP contribution in [0.3, 0.4) is 0 Å². The van der Waals surface area contributed by atoms with Crippen LogP contribution < -0.4 is 10.5 Å². The number of hydrogen-bond donors (Lipinski definition) is 3. The number of hydrogen-bond acceptors (Lipinski definition) is 6. The number of benzene rings is 1. The minimum atomic E-state index is -4.67. The van der Waals surface area contributed by atoms with Gasteiger partial charge < -0.3 is 24.2 Å². The third-order valence-electron chi connectivity index (χ3n) is 4.54. The largest absolute Gasteiger partial charge is 0.481 e. The Morgan fingerprint density at radius 2 is 2.00 bits per heavy atom. The van der Waals surface area contributed by atoms with Gasteiger partial charge in [0.05, 0.1) is 18.6 Å². The van der Waals surface area contributed by atoms with E-state index in [2.05, 4.69) is 0 Å². The number of carbonyl (C=O) groups is 1. The second-order valence-electron chi connectivity index (χ2n) is 7.04. The maximum absolute atomic E-state index is 11.6. The van der Waals surface area contributed by atoms with E-state index in [-0.39, 0.29) is 19.6 Å². The van der Waals surface area contributed by atoms with Crippen molar-refractivity contribution in [1.82, 2.24) is 0 Å². The lowest BCUT2D eigenvalue weighted by Gasteiger charge is -2.43. The number of phosphoric ester groups is 1. The van der Waals surface area contributed by atoms with Crippen LogP contribution in [0.1, 0.15) is 25.8 Å². The van der Waals surface area contributed by atoms with Gasteiger partial charge in [0, 0.05) is 35.3 Å². The summed E-state index contributed by atoms with van der Waals surface area (Å²) >= 11 is 0. The Hall–Kier alpha value is -2.45. The second-order valence-corrected chi connectivity index (χ2v) is 8.28. The molecule has 9 nitrogen and oxygen atoms in total. The minimum Gasteiger partial charge on any atom is -0.481 e. The number of carboxylic acids is 1. The molecule has 0 fully saturated rings. The smallest absolute Gasteiger partial charge is 0.469 e. The summed E-state index contributed by atoms with van der Waals surface area (Å²) in [7, 11) is -4.67. The summed E-state index contributed by atoms with van der Waals surface area (Å²) < 4.78 is 21.1. The first kappa shape index (κ1) is 20.3. The number of fused-ring (bicyclic) bond motifs is 2. The van der Waals surface area contributed by atoms with Crippen LogP contribution in [0.15, 0.2) is 39.6 Å². The highest BCUT2D eigenvalue weighted by Crippen LogP contribution is 2.44. The standard InChI is InChI=1S/C18H20NO8P/c1-18(2)9-12(10-26-28(23,24)25)13-7-11-3-4-17(22)27-15(11)8-14(13)19(18)6-5-16(20)21/h3-4,7-9H,5-6,10H2,1-2H3,(H,20,21)(H2,23,24,25). The molecule has 10 heteroatoms. The molecule has 1 aromatic heterocycles. The van der Waals surface area contributed by atoms with Crippen molar-refractivity contribution in [3.8, 4) is 0 Å². The van der Waals surface area contributed by atoms with Gasteiger partial charge in [-0.15, -0.1) is 0 Å². The van der Waals surface area contributed by atoms with Gasteiger partial charge >= 0.3 is 19.4 Å². The molecule has 1 aliphatic heterocycles. The van der Waals surface area contributed by atoms with Crippen molar-refractivity contribution < 1.29 is 33.2 Å². The lowest BCUT2D eigenvalue weighted by Crippen LogP contribution is -2.46. The molecule has 0 unspecified atom stereocenters. The van der Waals surface area contributed by atoms with Gasteiger partial charge in [-0.1, -0.05) is 6.08 Å². The predicted octanol–water partition coefficient (Wildman–Crippen LogP) is 2.36. The summed E-state index contributed by atoms with van der Waals surface area (Å²) in [6, 6.07) is 6.23. The van der Waals surface area contributed by atoms with E-state index >= 15 is 0 Å². The Bertz CT molecular complexity index is 1060. The Morgan fingerprint density at radius 1 is 1.29 bits per heavy atom. The molecule has 3 rings (SSSR count). The fraction of sp³-hybridized carbons (Fsp3) is 0.333. The van der Waals surface area contributed by atoms with Crippen LogP contribution in [0.2, 0.25) is 0 Å². The quantitative estimate of drug-likeness (QED) is 0.485. The summed E-state index contributed by atoms with van der Waals surface area (Å²) in [5.41, 5.74) is 0.917. The first-order valence-electron chi connectivity index (χ1n) is 8.46. The first-order chi connectivity index (χ1) is 13.0. The highest BCUT2D eigenvalue weighted by Gasteiger charge is 2.34. The average Bonchev–Trinajstić information content (AvgIpc) is 2.56. The van der Waals surface area contributed by atoms with Gasteiger partial charge in [-0.3, -0.25) is 9.32 Å². The summed E-state index contributed by atoms with van der Waals surface area (Å²) in [4.78, 5) is 42.6. The fourth-order valence-electron chi connectivity index (χ4n) is 3.37. The Balaban J connectivity index is 2.16. The first-order valence-corrected chi connectivity index (χ1v) is 9.99. The average molecular weight is 409 g/mol. The van der Waals surface area contributed by atoms with Crippen LogP contribution in [-0.2, 0) is 13.9 Å². The number of carboxylic acid groups (broad SMARTS) is 1. The fourth-order valence-corrected chi connectivity index (χ4v) is 3.67. The molecule has 3 N–H and O–H groups in total. The Kier molecular flexibility index (Phi) is 5.20. The number of phosphoric acid groups is 1. The molecule has 0 spiro atoms. The van der Waals surface area contributed by atoms with Gasteiger partial charge in [-0.2, -0.15) is 0 Å². The zero-order chi connectivity index (χ0) is 20.7. The van der Waals surface area contributed by atoms with Crippen LogP contribution in [0.4, 0.5) is 5.69 Å². The maximum atomic E-state index is 11.6. The van der Waals surface area contributed by atoms with Crippen LogP contribution in [0, 0.1) is 0 Å². The molecule has 2 heterocycles. The number of anilines is 1. The summed E-state index contributed by atoms with van der Waals surface area (Å²) in [6.45, 7) is 3.57. The molecule has 0 amide bonds. The van der Waals surface area contributed by atoms with Crippen LogP contribution in [-0.4, -0.2) is 39.6 Å². The highest BCUT2D eigenvalue weighted by molar-refractivity contribution is 7.46.